The zero-order valence-corrected chi connectivity index (χ0v) is 24.0. The minimum absolute atomic E-state index is 0.161. The first-order valence-corrected chi connectivity index (χ1v) is 14.3. The predicted octanol–water partition coefficient (Wildman–Crippen LogP) is 4.23. The van der Waals surface area contributed by atoms with Gasteiger partial charge in [-0.05, 0) is 37.5 Å². The van der Waals surface area contributed by atoms with Crippen molar-refractivity contribution in [1.82, 2.24) is 0 Å². The first-order valence-electron chi connectivity index (χ1n) is 12.6. The topological polar surface area (TPSA) is 131 Å². The fraction of sp³-hybridized carbons (Fsp3) is 0.290. The highest BCUT2D eigenvalue weighted by molar-refractivity contribution is 7.93. The van der Waals surface area contributed by atoms with Gasteiger partial charge in [-0.2, -0.15) is 5.26 Å². The number of hydrogen-bond acceptors (Lipinski definition) is 8. The lowest BCUT2D eigenvalue weighted by Crippen LogP contribution is -2.35. The molecule has 8 nitrogen and oxygen atoms in total. The van der Waals surface area contributed by atoms with Gasteiger partial charge in [-0.15, -0.1) is 0 Å². The van der Waals surface area contributed by atoms with E-state index in [1.165, 1.54) is 7.11 Å². The Kier molecular flexibility index (Phi) is 9.94. The maximum atomic E-state index is 14.8. The van der Waals surface area contributed by atoms with Gasteiger partial charge in [0, 0.05) is 35.3 Å². The van der Waals surface area contributed by atoms with Crippen LogP contribution in [0.25, 0.3) is 0 Å². The summed E-state index contributed by atoms with van der Waals surface area (Å²) in [5, 5.41) is 20.5. The van der Waals surface area contributed by atoms with Crippen LogP contribution in [0.15, 0.2) is 66.7 Å². The number of benzene rings is 3. The maximum absolute atomic E-state index is 14.8. The Morgan fingerprint density at radius 2 is 1.40 bits per heavy atom. The smallest absolute Gasteiger partial charge is 0.310 e. The molecule has 0 aliphatic heterocycles. The highest BCUT2D eigenvalue weighted by atomic mass is 31.2. The molecule has 40 heavy (non-hydrogen) atoms. The van der Waals surface area contributed by atoms with Crippen LogP contribution in [0.2, 0.25) is 0 Å². The summed E-state index contributed by atoms with van der Waals surface area (Å²) < 4.78 is 24.4. The van der Waals surface area contributed by atoms with Crippen molar-refractivity contribution in [2.75, 3.05) is 14.2 Å². The van der Waals surface area contributed by atoms with Crippen LogP contribution in [-0.2, 0) is 18.8 Å². The number of methoxy groups -OCH3 is 2. The van der Waals surface area contributed by atoms with E-state index in [9.17, 15) is 29.3 Å². The summed E-state index contributed by atoms with van der Waals surface area (Å²) >= 11 is 0. The van der Waals surface area contributed by atoms with Crippen LogP contribution < -0.4 is 10.6 Å². The molecular weight excluding hydrogens is 529 g/mol. The Morgan fingerprint density at radius 1 is 0.900 bits per heavy atom. The van der Waals surface area contributed by atoms with Gasteiger partial charge in [0.15, 0.2) is 12.1 Å². The molecule has 0 saturated carbocycles. The van der Waals surface area contributed by atoms with Crippen molar-refractivity contribution >= 4 is 35.0 Å². The number of esters is 1. The van der Waals surface area contributed by atoms with Gasteiger partial charge in [0.25, 0.3) is 0 Å². The molecule has 0 saturated heterocycles. The number of carbonyl (C=O) groups is 3. The van der Waals surface area contributed by atoms with Crippen molar-refractivity contribution in [3.05, 3.63) is 94.5 Å². The maximum Gasteiger partial charge on any atom is 0.310 e. The minimum atomic E-state index is -3.86. The number of hydrogen-bond donors (Lipinski definition) is 1. The van der Waals surface area contributed by atoms with Gasteiger partial charge in [-0.3, -0.25) is 14.4 Å². The van der Waals surface area contributed by atoms with Crippen molar-refractivity contribution in [3.63, 3.8) is 0 Å². The molecule has 0 aliphatic rings. The second kappa shape index (κ2) is 13.0. The molecule has 0 aliphatic carbocycles. The number of Topliss-reactive ketones (excluding diaryl/α,β-unsaturated/α-hetero) is 1. The lowest BCUT2D eigenvalue weighted by Gasteiger charge is -2.24. The van der Waals surface area contributed by atoms with Gasteiger partial charge in [0.05, 0.1) is 19.1 Å². The van der Waals surface area contributed by atoms with Crippen molar-refractivity contribution in [3.8, 4) is 6.07 Å². The number of nitrogens with zero attached hydrogens (tertiary/aromatic N) is 1. The minimum Gasteiger partial charge on any atom is -0.469 e. The van der Waals surface area contributed by atoms with E-state index in [0.717, 1.165) is 7.11 Å². The Labute approximate surface area is 233 Å². The molecule has 3 atom stereocenters. The number of carbonyl (C=O) groups excluding carboxylic acids is 3. The van der Waals surface area contributed by atoms with E-state index in [4.69, 9.17) is 9.47 Å². The summed E-state index contributed by atoms with van der Waals surface area (Å²) in [6.07, 6.45) is -2.10. The van der Waals surface area contributed by atoms with Crippen molar-refractivity contribution in [2.24, 2.45) is 11.8 Å². The summed E-state index contributed by atoms with van der Waals surface area (Å²) in [6.45, 7) is 5.04. The molecule has 3 rings (SSSR count). The van der Waals surface area contributed by atoms with Gasteiger partial charge in [-0.1, -0.05) is 66.7 Å². The molecule has 3 aromatic rings. The highest BCUT2D eigenvalue weighted by Gasteiger charge is 2.40. The Morgan fingerprint density at radius 3 is 1.85 bits per heavy atom. The monoisotopic (exact) mass is 561 g/mol. The number of aryl methyl sites for hydroxylation is 2. The second-order valence-corrected chi connectivity index (χ2v) is 12.2. The number of ether oxygens (including phenoxy) is 2. The van der Waals surface area contributed by atoms with Gasteiger partial charge in [0.1, 0.15) is 5.92 Å². The predicted molar refractivity (Wildman–Crippen MR) is 151 cm³/mol. The summed E-state index contributed by atoms with van der Waals surface area (Å²) in [4.78, 5) is 40.6. The Bertz CT molecular complexity index is 1450. The molecule has 0 radical (unpaired) electrons. The zero-order chi connectivity index (χ0) is 29.6. The van der Waals surface area contributed by atoms with E-state index >= 15 is 0 Å². The molecule has 0 bridgehead atoms. The third-order valence-electron chi connectivity index (χ3n) is 7.03. The Hall–Kier alpha value is -3.89. The van der Waals surface area contributed by atoms with E-state index in [1.807, 2.05) is 6.07 Å². The van der Waals surface area contributed by atoms with E-state index < -0.39 is 49.0 Å². The van der Waals surface area contributed by atoms with E-state index in [0.29, 0.717) is 27.3 Å². The van der Waals surface area contributed by atoms with Crippen molar-refractivity contribution in [1.29, 1.82) is 5.26 Å². The van der Waals surface area contributed by atoms with Crippen LogP contribution in [0.5, 0.6) is 0 Å². The van der Waals surface area contributed by atoms with Crippen LogP contribution in [0.1, 0.15) is 43.8 Å². The van der Waals surface area contributed by atoms with Crippen molar-refractivity contribution in [2.45, 2.75) is 33.5 Å². The first-order chi connectivity index (χ1) is 19.0. The molecular formula is C31H32NO7P. The number of rotatable bonds is 11. The van der Waals surface area contributed by atoms with E-state index in [-0.39, 0.29) is 11.1 Å². The summed E-state index contributed by atoms with van der Waals surface area (Å²) in [5.41, 5.74) is 1.16. The van der Waals surface area contributed by atoms with Crippen LogP contribution in [0.4, 0.5) is 0 Å². The van der Waals surface area contributed by atoms with Gasteiger partial charge >= 0.3 is 5.97 Å². The molecule has 0 amide bonds. The Balaban J connectivity index is 2.17. The van der Waals surface area contributed by atoms with Gasteiger partial charge in [-0.25, -0.2) is 0 Å². The number of aliphatic hydroxyl groups excluding tert-OH is 1. The number of aliphatic hydroxyl groups is 1. The van der Waals surface area contributed by atoms with Crippen LogP contribution in [0, 0.1) is 43.9 Å². The third kappa shape index (κ3) is 5.83. The molecule has 0 spiro atoms. The van der Waals surface area contributed by atoms with Crippen molar-refractivity contribution < 1.29 is 33.5 Å². The lowest BCUT2D eigenvalue weighted by molar-refractivity contribution is -0.156. The molecule has 9 heteroatoms. The van der Waals surface area contributed by atoms with E-state index in [1.54, 1.807) is 87.5 Å². The van der Waals surface area contributed by atoms with Crippen LogP contribution in [0.3, 0.4) is 0 Å². The molecule has 0 heterocycles. The quantitative estimate of drug-likeness (QED) is 0.159. The van der Waals surface area contributed by atoms with Crippen LogP contribution >= 0.6 is 7.14 Å². The molecule has 0 fully saturated rings. The zero-order valence-electron chi connectivity index (χ0n) is 23.1. The van der Waals surface area contributed by atoms with E-state index in [2.05, 4.69) is 0 Å². The second-order valence-electron chi connectivity index (χ2n) is 9.51. The van der Waals surface area contributed by atoms with Gasteiger partial charge in [0.2, 0.25) is 12.7 Å². The highest BCUT2D eigenvalue weighted by Crippen LogP contribution is 2.48. The molecule has 208 valence electrons. The third-order valence-corrected chi connectivity index (χ3v) is 9.88. The lowest BCUT2D eigenvalue weighted by atomic mass is 9.83. The summed E-state index contributed by atoms with van der Waals surface area (Å²) in [7, 11) is -1.56. The first kappa shape index (κ1) is 30.6. The fourth-order valence-corrected chi connectivity index (χ4v) is 7.68. The SMILES string of the molecule is COC(=O)C(CC(=O)c1c(C)cc(C)c(C(=O)P(=O)(c2ccccc2)c2ccccc2)c1C)C(C#N)C(O)OC. The normalized spacial score (nSPS) is 13.5. The standard InChI is InChI=1S/C31H32NO7P/c1-19-16-20(2)28(31(36)40(37,22-12-8-6-9-13-22)23-14-10-7-11-15-23)21(3)27(19)26(33)17-24(29(34)38-4)25(18-32)30(35)39-5/h6-16,24-25,30,35H,17H2,1-5H3. The largest absolute Gasteiger partial charge is 0.469 e. The summed E-state index contributed by atoms with van der Waals surface area (Å²) in [5.74, 6) is -4.08. The molecule has 3 aromatic carbocycles. The average molecular weight is 562 g/mol. The average Bonchev–Trinajstić information content (AvgIpc) is 2.96. The van der Waals surface area contributed by atoms with Crippen LogP contribution in [-0.4, -0.2) is 42.9 Å². The number of ketones is 1. The molecule has 0 aromatic heterocycles. The summed E-state index contributed by atoms with van der Waals surface area (Å²) in [6, 6.07) is 20.5. The molecule has 1 N–H and O–H groups in total. The number of nitriles is 1. The van der Waals surface area contributed by atoms with Gasteiger partial charge < -0.3 is 19.1 Å². The molecule has 3 unspecified atom stereocenters. The fourth-order valence-electron chi connectivity index (χ4n) is 5.07.